The van der Waals surface area contributed by atoms with Crippen molar-refractivity contribution in [3.8, 4) is 0 Å². The number of aromatic amines is 1. The van der Waals surface area contributed by atoms with Crippen molar-refractivity contribution >= 4 is 5.91 Å². The van der Waals surface area contributed by atoms with Gasteiger partial charge in [-0.25, -0.2) is 4.98 Å². The highest BCUT2D eigenvalue weighted by Gasteiger charge is 2.15. The number of carbonyl (C=O) groups excluding carboxylic acids is 1. The second-order valence-corrected chi connectivity index (χ2v) is 4.29. The quantitative estimate of drug-likeness (QED) is 0.876. The van der Waals surface area contributed by atoms with Crippen LogP contribution in [0.3, 0.4) is 0 Å². The monoisotopic (exact) mass is 272 g/mol. The second-order valence-electron chi connectivity index (χ2n) is 4.29. The van der Waals surface area contributed by atoms with Gasteiger partial charge in [-0.15, -0.1) is 0 Å². The fraction of sp³-hybridized carbons (Fsp3) is 0.286. The Bertz CT molecular complexity index is 604. The molecule has 2 heterocycles. The second kappa shape index (κ2) is 6.60. The van der Waals surface area contributed by atoms with Gasteiger partial charge in [0.1, 0.15) is 5.69 Å². The lowest BCUT2D eigenvalue weighted by atomic mass is 10.2. The van der Waals surface area contributed by atoms with Gasteiger partial charge in [0.05, 0.1) is 6.20 Å². The maximum Gasteiger partial charge on any atom is 0.273 e. The molecule has 0 atom stereocenters. The third-order valence-electron chi connectivity index (χ3n) is 2.98. The number of carbonyl (C=O) groups is 1. The predicted octanol–water partition coefficient (Wildman–Crippen LogP) is 0.870. The van der Waals surface area contributed by atoms with E-state index in [0.717, 1.165) is 18.2 Å². The lowest BCUT2D eigenvalue weighted by Gasteiger charge is -2.20. The van der Waals surface area contributed by atoms with E-state index in [-0.39, 0.29) is 17.2 Å². The summed E-state index contributed by atoms with van der Waals surface area (Å²) < 4.78 is 0. The summed E-state index contributed by atoms with van der Waals surface area (Å²) in [6, 6.07) is 3.85. The minimum atomic E-state index is -0.318. The van der Waals surface area contributed by atoms with Crippen molar-refractivity contribution in [2.24, 2.45) is 0 Å². The standard InChI is InChI=1S/C14H16N4O2/c1-2-18(8-5-11-3-6-15-7-4-11)14(20)12-9-17-13(19)10-16-12/h3-4,6-7,9-10H,2,5,8H2,1H3,(H,17,19). The van der Waals surface area contributed by atoms with Crippen molar-refractivity contribution < 1.29 is 4.79 Å². The summed E-state index contributed by atoms with van der Waals surface area (Å²) in [6.45, 7) is 3.10. The molecule has 0 bridgehead atoms. The van der Waals surface area contributed by atoms with Gasteiger partial charge in [-0.2, -0.15) is 0 Å². The van der Waals surface area contributed by atoms with E-state index >= 15 is 0 Å². The Balaban J connectivity index is 2.02. The Morgan fingerprint density at radius 3 is 2.70 bits per heavy atom. The first-order valence-corrected chi connectivity index (χ1v) is 6.43. The molecule has 2 aromatic rings. The lowest BCUT2D eigenvalue weighted by Crippen LogP contribution is -2.33. The Morgan fingerprint density at radius 1 is 1.35 bits per heavy atom. The predicted molar refractivity (Wildman–Crippen MR) is 74.4 cm³/mol. The third-order valence-corrected chi connectivity index (χ3v) is 2.98. The number of hydrogen-bond acceptors (Lipinski definition) is 4. The summed E-state index contributed by atoms with van der Waals surface area (Å²) >= 11 is 0. The highest BCUT2D eigenvalue weighted by molar-refractivity contribution is 5.91. The lowest BCUT2D eigenvalue weighted by molar-refractivity contribution is 0.0759. The van der Waals surface area contributed by atoms with Crippen molar-refractivity contribution in [2.45, 2.75) is 13.3 Å². The molecule has 6 nitrogen and oxygen atoms in total. The largest absolute Gasteiger partial charge is 0.337 e. The molecular formula is C14H16N4O2. The van der Waals surface area contributed by atoms with Crippen LogP contribution in [0.5, 0.6) is 0 Å². The number of hydrogen-bond donors (Lipinski definition) is 1. The average Bonchev–Trinajstić information content (AvgIpc) is 2.49. The average molecular weight is 272 g/mol. The smallest absolute Gasteiger partial charge is 0.273 e. The van der Waals surface area contributed by atoms with Crippen molar-refractivity contribution in [1.82, 2.24) is 19.9 Å². The van der Waals surface area contributed by atoms with Gasteiger partial charge in [0.2, 0.25) is 0 Å². The molecule has 0 unspecified atom stereocenters. The highest BCUT2D eigenvalue weighted by Crippen LogP contribution is 2.03. The summed E-state index contributed by atoms with van der Waals surface area (Å²) in [5.74, 6) is -0.183. The molecule has 20 heavy (non-hydrogen) atoms. The number of pyridine rings is 1. The zero-order chi connectivity index (χ0) is 14.4. The normalized spacial score (nSPS) is 10.2. The van der Waals surface area contributed by atoms with Gasteiger partial charge in [0, 0.05) is 31.7 Å². The topological polar surface area (TPSA) is 79.0 Å². The van der Waals surface area contributed by atoms with E-state index in [9.17, 15) is 9.59 Å². The first kappa shape index (κ1) is 13.9. The molecule has 104 valence electrons. The van der Waals surface area contributed by atoms with Gasteiger partial charge in [-0.05, 0) is 31.0 Å². The van der Waals surface area contributed by atoms with Gasteiger partial charge < -0.3 is 9.88 Å². The van der Waals surface area contributed by atoms with E-state index in [1.807, 2.05) is 19.1 Å². The summed E-state index contributed by atoms with van der Waals surface area (Å²) in [5, 5.41) is 0. The van der Waals surface area contributed by atoms with Crippen LogP contribution in [0.1, 0.15) is 23.0 Å². The van der Waals surface area contributed by atoms with Crippen LogP contribution in [-0.4, -0.2) is 38.8 Å². The van der Waals surface area contributed by atoms with E-state index in [1.54, 1.807) is 17.3 Å². The Labute approximate surface area is 116 Å². The van der Waals surface area contributed by atoms with Crippen LogP contribution in [0, 0.1) is 0 Å². The molecule has 2 rings (SSSR count). The number of H-pyrrole nitrogens is 1. The molecule has 0 aliphatic carbocycles. The molecular weight excluding hydrogens is 256 g/mol. The Kier molecular flexibility index (Phi) is 4.60. The summed E-state index contributed by atoms with van der Waals surface area (Å²) in [7, 11) is 0. The first-order valence-electron chi connectivity index (χ1n) is 6.43. The van der Waals surface area contributed by atoms with E-state index in [4.69, 9.17) is 0 Å². The third kappa shape index (κ3) is 3.50. The van der Waals surface area contributed by atoms with Gasteiger partial charge in [0.25, 0.3) is 11.5 Å². The maximum atomic E-state index is 12.2. The van der Waals surface area contributed by atoms with E-state index in [0.29, 0.717) is 13.1 Å². The Morgan fingerprint density at radius 2 is 2.10 bits per heavy atom. The fourth-order valence-electron chi connectivity index (χ4n) is 1.84. The molecule has 0 aromatic carbocycles. The van der Waals surface area contributed by atoms with E-state index in [2.05, 4.69) is 15.0 Å². The summed E-state index contributed by atoms with van der Waals surface area (Å²) in [4.78, 5) is 35.2. The molecule has 0 spiro atoms. The van der Waals surface area contributed by atoms with Crippen LogP contribution in [-0.2, 0) is 6.42 Å². The minimum absolute atomic E-state index is 0.183. The van der Waals surface area contributed by atoms with Crippen LogP contribution in [0.25, 0.3) is 0 Å². The number of nitrogens with zero attached hydrogens (tertiary/aromatic N) is 3. The molecule has 0 aliphatic heterocycles. The van der Waals surface area contributed by atoms with Crippen LogP contribution in [0.4, 0.5) is 0 Å². The summed E-state index contributed by atoms with van der Waals surface area (Å²) in [5.41, 5.74) is 1.06. The van der Waals surface area contributed by atoms with Gasteiger partial charge in [-0.1, -0.05) is 0 Å². The van der Waals surface area contributed by atoms with Gasteiger partial charge in [0.15, 0.2) is 0 Å². The van der Waals surface area contributed by atoms with E-state index < -0.39 is 0 Å². The molecule has 1 amide bonds. The van der Waals surface area contributed by atoms with Crippen LogP contribution in [0.15, 0.2) is 41.7 Å². The van der Waals surface area contributed by atoms with Crippen LogP contribution in [0.2, 0.25) is 0 Å². The number of nitrogens with one attached hydrogen (secondary N) is 1. The molecule has 0 saturated heterocycles. The molecule has 2 aromatic heterocycles. The highest BCUT2D eigenvalue weighted by atomic mass is 16.2. The number of rotatable bonds is 5. The first-order chi connectivity index (χ1) is 9.70. The van der Waals surface area contributed by atoms with E-state index in [1.165, 1.54) is 6.20 Å². The number of aromatic nitrogens is 3. The summed E-state index contributed by atoms with van der Waals surface area (Å²) in [6.07, 6.45) is 6.68. The van der Waals surface area contributed by atoms with Gasteiger partial charge >= 0.3 is 0 Å². The minimum Gasteiger partial charge on any atom is -0.337 e. The number of likely N-dealkylation sites (N-methyl/N-ethyl adjacent to an activating group) is 1. The molecule has 0 aliphatic rings. The van der Waals surface area contributed by atoms with Crippen LogP contribution >= 0.6 is 0 Å². The van der Waals surface area contributed by atoms with Gasteiger partial charge in [-0.3, -0.25) is 14.6 Å². The van der Waals surface area contributed by atoms with Crippen molar-refractivity contribution in [3.63, 3.8) is 0 Å². The Hall–Kier alpha value is -2.50. The molecule has 6 heteroatoms. The van der Waals surface area contributed by atoms with Crippen molar-refractivity contribution in [2.75, 3.05) is 13.1 Å². The molecule has 0 saturated carbocycles. The molecule has 0 fully saturated rings. The SMILES string of the molecule is CCN(CCc1ccncc1)C(=O)c1c[nH]c(=O)cn1. The molecule has 0 radical (unpaired) electrons. The zero-order valence-electron chi connectivity index (χ0n) is 11.2. The van der Waals surface area contributed by atoms with Crippen LogP contribution < -0.4 is 5.56 Å². The maximum absolute atomic E-state index is 12.2. The van der Waals surface area contributed by atoms with Crippen molar-refractivity contribution in [3.05, 3.63) is 58.5 Å². The molecule has 1 N–H and O–H groups in total. The number of amides is 1. The zero-order valence-corrected chi connectivity index (χ0v) is 11.2. The van der Waals surface area contributed by atoms with Crippen molar-refractivity contribution in [1.29, 1.82) is 0 Å². The fourth-order valence-corrected chi connectivity index (χ4v) is 1.84.